The molecule has 0 unspecified atom stereocenters. The molecule has 5 nitrogen and oxygen atoms in total. The lowest BCUT2D eigenvalue weighted by Crippen LogP contribution is -2.10. The Balaban J connectivity index is 2.12. The van der Waals surface area contributed by atoms with Gasteiger partial charge >= 0.3 is 0 Å². The third kappa shape index (κ3) is 2.63. The standard InChI is InChI=1S/C15H15NO4S/c1-9-3-6-11(13(7-9)21(2,18)19)14(17)12-8-16-20-15(12)10-4-5-10/h3,6-8,10H,4-5H2,1-2H3. The van der Waals surface area contributed by atoms with E-state index in [0.29, 0.717) is 11.3 Å². The minimum absolute atomic E-state index is 0.0513. The van der Waals surface area contributed by atoms with Crippen molar-refractivity contribution in [1.29, 1.82) is 0 Å². The lowest BCUT2D eigenvalue weighted by molar-refractivity contribution is 0.103. The topological polar surface area (TPSA) is 77.2 Å². The number of nitrogens with zero attached hydrogens (tertiary/aromatic N) is 1. The van der Waals surface area contributed by atoms with Crippen LogP contribution < -0.4 is 0 Å². The summed E-state index contributed by atoms with van der Waals surface area (Å²) in [4.78, 5) is 12.7. The first-order chi connectivity index (χ1) is 9.88. The number of carbonyl (C=O) groups excluding carboxylic acids is 1. The lowest BCUT2D eigenvalue weighted by atomic mass is 10.0. The number of benzene rings is 1. The van der Waals surface area contributed by atoms with Crippen LogP contribution in [0.15, 0.2) is 33.8 Å². The van der Waals surface area contributed by atoms with Crippen molar-refractivity contribution in [2.24, 2.45) is 0 Å². The van der Waals surface area contributed by atoms with E-state index in [0.717, 1.165) is 24.7 Å². The summed E-state index contributed by atoms with van der Waals surface area (Å²) in [6.07, 6.45) is 4.43. The fourth-order valence-electron chi connectivity index (χ4n) is 2.33. The number of sulfone groups is 1. The molecule has 0 amide bonds. The van der Waals surface area contributed by atoms with Crippen molar-refractivity contribution >= 4 is 15.6 Å². The summed E-state index contributed by atoms with van der Waals surface area (Å²) in [5, 5.41) is 3.69. The third-order valence-electron chi connectivity index (χ3n) is 3.57. The molecule has 1 fully saturated rings. The van der Waals surface area contributed by atoms with Crippen molar-refractivity contribution in [3.63, 3.8) is 0 Å². The number of hydrogen-bond acceptors (Lipinski definition) is 5. The van der Waals surface area contributed by atoms with Gasteiger partial charge in [-0.05, 0) is 37.5 Å². The molecule has 21 heavy (non-hydrogen) atoms. The second-order valence-corrected chi connectivity index (χ2v) is 7.46. The van der Waals surface area contributed by atoms with Crippen LogP contribution in [-0.2, 0) is 9.84 Å². The fraction of sp³-hybridized carbons (Fsp3) is 0.333. The third-order valence-corrected chi connectivity index (χ3v) is 4.71. The molecule has 3 rings (SSSR count). The van der Waals surface area contributed by atoms with Crippen molar-refractivity contribution in [1.82, 2.24) is 5.16 Å². The Hall–Kier alpha value is -1.95. The minimum atomic E-state index is -3.48. The number of hydrogen-bond donors (Lipinski definition) is 0. The Bertz CT molecular complexity index is 816. The minimum Gasteiger partial charge on any atom is -0.360 e. The maximum Gasteiger partial charge on any atom is 0.199 e. The van der Waals surface area contributed by atoms with Gasteiger partial charge in [-0.1, -0.05) is 11.2 Å². The van der Waals surface area contributed by atoms with Gasteiger partial charge in [-0.25, -0.2) is 8.42 Å². The molecule has 1 heterocycles. The first-order valence-corrected chi connectivity index (χ1v) is 8.57. The van der Waals surface area contributed by atoms with Crippen molar-refractivity contribution in [2.75, 3.05) is 6.26 Å². The summed E-state index contributed by atoms with van der Waals surface area (Å²) < 4.78 is 29.0. The number of aromatic nitrogens is 1. The molecular formula is C15H15NO4S. The van der Waals surface area contributed by atoms with Gasteiger partial charge in [0.1, 0.15) is 0 Å². The van der Waals surface area contributed by atoms with E-state index in [1.165, 1.54) is 12.3 Å². The van der Waals surface area contributed by atoms with Crippen LogP contribution in [0.5, 0.6) is 0 Å². The van der Waals surface area contributed by atoms with Crippen molar-refractivity contribution < 1.29 is 17.7 Å². The first kappa shape index (κ1) is 14.0. The Morgan fingerprint density at radius 1 is 1.29 bits per heavy atom. The molecule has 1 aromatic carbocycles. The molecule has 1 aliphatic carbocycles. The average Bonchev–Trinajstić information content (AvgIpc) is 3.14. The molecule has 0 radical (unpaired) electrons. The highest BCUT2D eigenvalue weighted by atomic mass is 32.2. The first-order valence-electron chi connectivity index (χ1n) is 6.68. The number of ketones is 1. The van der Waals surface area contributed by atoms with Gasteiger partial charge in [0.05, 0.1) is 16.7 Å². The molecule has 0 saturated heterocycles. The molecule has 0 atom stereocenters. The number of carbonyl (C=O) groups is 1. The van der Waals surface area contributed by atoms with E-state index in [1.54, 1.807) is 19.1 Å². The highest BCUT2D eigenvalue weighted by Crippen LogP contribution is 2.42. The van der Waals surface area contributed by atoms with Crippen LogP contribution in [-0.4, -0.2) is 25.6 Å². The van der Waals surface area contributed by atoms with Crippen LogP contribution in [0.2, 0.25) is 0 Å². The van der Waals surface area contributed by atoms with Crippen LogP contribution in [0.25, 0.3) is 0 Å². The average molecular weight is 305 g/mol. The zero-order valence-electron chi connectivity index (χ0n) is 11.8. The predicted octanol–water partition coefficient (Wildman–Crippen LogP) is 2.49. The molecule has 2 aromatic rings. The van der Waals surface area contributed by atoms with Gasteiger partial charge in [-0.2, -0.15) is 0 Å². The van der Waals surface area contributed by atoms with Crippen LogP contribution in [0.3, 0.4) is 0 Å². The second kappa shape index (κ2) is 4.80. The molecule has 6 heteroatoms. The Kier molecular flexibility index (Phi) is 3.20. The molecule has 1 saturated carbocycles. The van der Waals surface area contributed by atoms with E-state index in [-0.39, 0.29) is 22.2 Å². The molecule has 0 aliphatic heterocycles. The smallest absolute Gasteiger partial charge is 0.199 e. The summed E-state index contributed by atoms with van der Waals surface area (Å²) >= 11 is 0. The maximum absolute atomic E-state index is 12.7. The van der Waals surface area contributed by atoms with Crippen LogP contribution in [0.1, 0.15) is 46.0 Å². The van der Waals surface area contributed by atoms with Crippen LogP contribution >= 0.6 is 0 Å². The SMILES string of the molecule is Cc1ccc(C(=O)c2cnoc2C2CC2)c(S(C)(=O)=O)c1. The Labute approximate surface area is 122 Å². The summed E-state index contributed by atoms with van der Waals surface area (Å²) in [5.74, 6) is 0.456. The molecule has 0 bridgehead atoms. The monoisotopic (exact) mass is 305 g/mol. The maximum atomic E-state index is 12.7. The van der Waals surface area contributed by atoms with E-state index < -0.39 is 9.84 Å². The number of rotatable bonds is 4. The summed E-state index contributed by atoms with van der Waals surface area (Å²) in [7, 11) is -3.48. The van der Waals surface area contributed by atoms with Crippen molar-refractivity contribution in [3.8, 4) is 0 Å². The van der Waals surface area contributed by atoms with E-state index in [2.05, 4.69) is 5.16 Å². The van der Waals surface area contributed by atoms with E-state index in [9.17, 15) is 13.2 Å². The van der Waals surface area contributed by atoms with Crippen molar-refractivity contribution in [3.05, 3.63) is 46.8 Å². The Morgan fingerprint density at radius 2 is 2.00 bits per heavy atom. The second-order valence-electron chi connectivity index (χ2n) is 5.48. The van der Waals surface area contributed by atoms with E-state index in [4.69, 9.17) is 4.52 Å². The highest BCUT2D eigenvalue weighted by Gasteiger charge is 2.33. The van der Waals surface area contributed by atoms with Crippen molar-refractivity contribution in [2.45, 2.75) is 30.6 Å². The number of aryl methyl sites for hydroxylation is 1. The Morgan fingerprint density at radius 3 is 2.62 bits per heavy atom. The summed E-state index contributed by atoms with van der Waals surface area (Å²) in [6, 6.07) is 4.80. The van der Waals surface area contributed by atoms with Crippen LogP contribution in [0.4, 0.5) is 0 Å². The van der Waals surface area contributed by atoms with Gasteiger partial charge in [0.15, 0.2) is 21.4 Å². The summed E-state index contributed by atoms with van der Waals surface area (Å²) in [6.45, 7) is 1.79. The van der Waals surface area contributed by atoms with E-state index in [1.807, 2.05) is 0 Å². The van der Waals surface area contributed by atoms with Gasteiger partial charge in [0, 0.05) is 17.7 Å². The van der Waals surface area contributed by atoms with Gasteiger partial charge in [-0.3, -0.25) is 4.79 Å². The molecule has 0 N–H and O–H groups in total. The molecular weight excluding hydrogens is 290 g/mol. The molecule has 1 aromatic heterocycles. The lowest BCUT2D eigenvalue weighted by Gasteiger charge is -2.08. The van der Waals surface area contributed by atoms with E-state index >= 15 is 0 Å². The van der Waals surface area contributed by atoms with Gasteiger partial charge in [-0.15, -0.1) is 0 Å². The molecule has 110 valence electrons. The predicted molar refractivity (Wildman–Crippen MR) is 76.2 cm³/mol. The van der Waals surface area contributed by atoms with Gasteiger partial charge in [0.25, 0.3) is 0 Å². The quantitative estimate of drug-likeness (QED) is 0.811. The zero-order chi connectivity index (χ0) is 15.2. The van der Waals surface area contributed by atoms with Gasteiger partial charge < -0.3 is 4.52 Å². The zero-order valence-corrected chi connectivity index (χ0v) is 12.6. The fourth-order valence-corrected chi connectivity index (χ4v) is 3.29. The summed E-state index contributed by atoms with van der Waals surface area (Å²) in [5.41, 5.74) is 1.33. The van der Waals surface area contributed by atoms with Gasteiger partial charge in [0.2, 0.25) is 0 Å². The molecule has 0 spiro atoms. The normalized spacial score (nSPS) is 15.1. The molecule has 1 aliphatic rings. The largest absolute Gasteiger partial charge is 0.360 e. The highest BCUT2D eigenvalue weighted by molar-refractivity contribution is 7.90. The van der Waals surface area contributed by atoms with Crippen LogP contribution in [0, 0.1) is 6.92 Å².